The van der Waals surface area contributed by atoms with Crippen molar-refractivity contribution in [3.05, 3.63) is 65.5 Å². The highest BCUT2D eigenvalue weighted by Crippen LogP contribution is 2.24. The van der Waals surface area contributed by atoms with Gasteiger partial charge in [0.1, 0.15) is 5.82 Å². The van der Waals surface area contributed by atoms with Crippen molar-refractivity contribution in [1.82, 2.24) is 0 Å². The Kier molecular flexibility index (Phi) is 5.62. The molecule has 0 saturated carbocycles. The number of halogens is 1. The summed E-state index contributed by atoms with van der Waals surface area (Å²) >= 11 is 1.66. The lowest BCUT2D eigenvalue weighted by Crippen LogP contribution is -2.13. The molecule has 0 bridgehead atoms. The SMILES string of the molecule is CCCc1cccc(C(N)CSc2ccc(F)cc2)c1. The normalized spacial score (nSPS) is 12.3. The van der Waals surface area contributed by atoms with Gasteiger partial charge in [0.15, 0.2) is 0 Å². The van der Waals surface area contributed by atoms with Gasteiger partial charge >= 0.3 is 0 Å². The van der Waals surface area contributed by atoms with Gasteiger partial charge in [-0.1, -0.05) is 37.6 Å². The predicted molar refractivity (Wildman–Crippen MR) is 84.5 cm³/mol. The fraction of sp³-hybridized carbons (Fsp3) is 0.294. The first kappa shape index (κ1) is 15.1. The van der Waals surface area contributed by atoms with E-state index in [1.54, 1.807) is 23.9 Å². The van der Waals surface area contributed by atoms with E-state index in [0.29, 0.717) is 0 Å². The van der Waals surface area contributed by atoms with Gasteiger partial charge in [-0.05, 0) is 41.8 Å². The third kappa shape index (κ3) is 4.36. The van der Waals surface area contributed by atoms with E-state index >= 15 is 0 Å². The van der Waals surface area contributed by atoms with Crippen molar-refractivity contribution in [3.63, 3.8) is 0 Å². The summed E-state index contributed by atoms with van der Waals surface area (Å²) in [7, 11) is 0. The third-order valence-electron chi connectivity index (χ3n) is 3.16. The first-order valence-electron chi connectivity index (χ1n) is 6.92. The Bertz CT molecular complexity index is 539. The minimum absolute atomic E-state index is 0.00172. The molecule has 1 atom stereocenters. The smallest absolute Gasteiger partial charge is 0.123 e. The second-order valence-electron chi connectivity index (χ2n) is 4.87. The molecule has 2 aromatic rings. The summed E-state index contributed by atoms with van der Waals surface area (Å²) in [5.41, 5.74) is 8.75. The summed E-state index contributed by atoms with van der Waals surface area (Å²) < 4.78 is 12.8. The molecular weight excluding hydrogens is 269 g/mol. The van der Waals surface area contributed by atoms with Crippen molar-refractivity contribution in [2.45, 2.75) is 30.7 Å². The van der Waals surface area contributed by atoms with Gasteiger partial charge in [0.25, 0.3) is 0 Å². The molecule has 0 saturated heterocycles. The number of nitrogens with two attached hydrogens (primary N) is 1. The van der Waals surface area contributed by atoms with Crippen LogP contribution < -0.4 is 5.73 Å². The molecule has 2 aromatic carbocycles. The van der Waals surface area contributed by atoms with Gasteiger partial charge in [-0.25, -0.2) is 4.39 Å². The summed E-state index contributed by atoms with van der Waals surface area (Å²) in [5.74, 6) is 0.590. The van der Waals surface area contributed by atoms with Crippen LogP contribution in [0.5, 0.6) is 0 Å². The van der Waals surface area contributed by atoms with E-state index in [0.717, 1.165) is 23.5 Å². The molecule has 0 aliphatic rings. The van der Waals surface area contributed by atoms with Crippen LogP contribution in [0.2, 0.25) is 0 Å². The Balaban J connectivity index is 1.95. The molecule has 1 nitrogen and oxygen atoms in total. The Hall–Kier alpha value is -1.32. The molecule has 0 aliphatic carbocycles. The number of hydrogen-bond donors (Lipinski definition) is 1. The molecule has 2 N–H and O–H groups in total. The fourth-order valence-corrected chi connectivity index (χ4v) is 2.97. The van der Waals surface area contributed by atoms with Crippen LogP contribution in [-0.2, 0) is 6.42 Å². The zero-order valence-electron chi connectivity index (χ0n) is 11.7. The first-order chi connectivity index (χ1) is 9.69. The number of benzene rings is 2. The highest BCUT2D eigenvalue weighted by Gasteiger charge is 2.07. The Morgan fingerprint density at radius 3 is 2.60 bits per heavy atom. The Labute approximate surface area is 124 Å². The Morgan fingerprint density at radius 1 is 1.15 bits per heavy atom. The van der Waals surface area contributed by atoms with Crippen molar-refractivity contribution >= 4 is 11.8 Å². The first-order valence-corrected chi connectivity index (χ1v) is 7.90. The van der Waals surface area contributed by atoms with Crippen LogP contribution in [0.25, 0.3) is 0 Å². The summed E-state index contributed by atoms with van der Waals surface area (Å²) in [6.07, 6.45) is 2.23. The molecule has 0 spiro atoms. The van der Waals surface area contributed by atoms with Crippen LogP contribution in [0.15, 0.2) is 53.4 Å². The molecule has 2 rings (SSSR count). The van der Waals surface area contributed by atoms with E-state index in [9.17, 15) is 4.39 Å². The van der Waals surface area contributed by atoms with Crippen LogP contribution in [0.4, 0.5) is 4.39 Å². The minimum atomic E-state index is -0.203. The van der Waals surface area contributed by atoms with Crippen molar-refractivity contribution < 1.29 is 4.39 Å². The molecule has 106 valence electrons. The topological polar surface area (TPSA) is 26.0 Å². The standard InChI is InChI=1S/C17H20FNS/c1-2-4-13-5-3-6-14(11-13)17(19)12-20-16-9-7-15(18)8-10-16/h3,5-11,17H,2,4,12,19H2,1H3. The molecule has 0 aliphatic heterocycles. The van der Waals surface area contributed by atoms with E-state index in [4.69, 9.17) is 5.73 Å². The van der Waals surface area contributed by atoms with Crippen LogP contribution in [0.1, 0.15) is 30.5 Å². The summed E-state index contributed by atoms with van der Waals surface area (Å²) in [6.45, 7) is 2.18. The van der Waals surface area contributed by atoms with Gasteiger partial charge < -0.3 is 5.73 Å². The van der Waals surface area contributed by atoms with Crippen molar-refractivity contribution in [2.75, 3.05) is 5.75 Å². The monoisotopic (exact) mass is 289 g/mol. The molecular formula is C17H20FNS. The zero-order valence-corrected chi connectivity index (χ0v) is 12.5. The number of rotatable bonds is 6. The van der Waals surface area contributed by atoms with Crippen molar-refractivity contribution in [1.29, 1.82) is 0 Å². The van der Waals surface area contributed by atoms with Crippen LogP contribution in [0.3, 0.4) is 0 Å². The maximum Gasteiger partial charge on any atom is 0.123 e. The highest BCUT2D eigenvalue weighted by atomic mass is 32.2. The molecule has 0 fully saturated rings. The molecule has 0 aromatic heterocycles. The molecule has 0 radical (unpaired) electrons. The Morgan fingerprint density at radius 2 is 1.90 bits per heavy atom. The lowest BCUT2D eigenvalue weighted by atomic mass is 10.0. The summed E-state index contributed by atoms with van der Waals surface area (Å²) in [4.78, 5) is 1.05. The second kappa shape index (κ2) is 7.46. The van der Waals surface area contributed by atoms with E-state index in [1.165, 1.54) is 23.3 Å². The number of thioether (sulfide) groups is 1. The van der Waals surface area contributed by atoms with E-state index in [1.807, 2.05) is 0 Å². The van der Waals surface area contributed by atoms with Gasteiger partial charge in [0.05, 0.1) is 0 Å². The predicted octanol–water partition coefficient (Wildman–Crippen LogP) is 4.57. The van der Waals surface area contributed by atoms with Crippen LogP contribution >= 0.6 is 11.8 Å². The van der Waals surface area contributed by atoms with Crippen LogP contribution in [0, 0.1) is 5.82 Å². The number of hydrogen-bond acceptors (Lipinski definition) is 2. The van der Waals surface area contributed by atoms with E-state index in [-0.39, 0.29) is 11.9 Å². The average molecular weight is 289 g/mol. The largest absolute Gasteiger partial charge is 0.323 e. The lowest BCUT2D eigenvalue weighted by Gasteiger charge is -2.13. The average Bonchev–Trinajstić information content (AvgIpc) is 2.47. The third-order valence-corrected chi connectivity index (χ3v) is 4.29. The van der Waals surface area contributed by atoms with Gasteiger partial charge in [-0.15, -0.1) is 11.8 Å². The fourth-order valence-electron chi connectivity index (χ4n) is 2.08. The summed E-state index contributed by atoms with van der Waals surface area (Å²) in [5, 5.41) is 0. The van der Waals surface area contributed by atoms with Gasteiger partial charge in [-0.2, -0.15) is 0 Å². The lowest BCUT2D eigenvalue weighted by molar-refractivity contribution is 0.626. The van der Waals surface area contributed by atoms with Crippen LogP contribution in [-0.4, -0.2) is 5.75 Å². The quantitative estimate of drug-likeness (QED) is 0.788. The van der Waals surface area contributed by atoms with Gasteiger partial charge in [-0.3, -0.25) is 0 Å². The molecule has 20 heavy (non-hydrogen) atoms. The molecule has 0 heterocycles. The number of aryl methyl sites for hydroxylation is 1. The molecule has 1 unspecified atom stereocenters. The molecule has 0 amide bonds. The second-order valence-corrected chi connectivity index (χ2v) is 5.96. The zero-order chi connectivity index (χ0) is 14.4. The maximum atomic E-state index is 12.8. The van der Waals surface area contributed by atoms with Gasteiger partial charge in [0, 0.05) is 16.7 Å². The van der Waals surface area contributed by atoms with Crippen molar-refractivity contribution in [3.8, 4) is 0 Å². The van der Waals surface area contributed by atoms with Crippen molar-refractivity contribution in [2.24, 2.45) is 5.73 Å². The van der Waals surface area contributed by atoms with E-state index < -0.39 is 0 Å². The van der Waals surface area contributed by atoms with E-state index in [2.05, 4.69) is 31.2 Å². The maximum absolute atomic E-state index is 12.8. The highest BCUT2D eigenvalue weighted by molar-refractivity contribution is 7.99. The van der Waals surface area contributed by atoms with Gasteiger partial charge in [0.2, 0.25) is 0 Å². The molecule has 3 heteroatoms. The minimum Gasteiger partial charge on any atom is -0.323 e. The summed E-state index contributed by atoms with van der Waals surface area (Å²) in [6, 6.07) is 15.0.